The third-order valence-electron chi connectivity index (χ3n) is 6.12. The standard InChI is InChI=1S/C31H40N4.C4H10/c1-7-9-28(10-8-2)33-24(5)31-30(20-19-29(35-31)27-17-13-23(4)14-18-27)34-25(6)32-21-26-15-11-22(3)12-16-26;1-4(2)3/h11-20,28,33H,5,7-10,21H2,1-4,6H3,(H,32,34);4H,1-3H3. The van der Waals surface area contributed by atoms with Crippen LogP contribution in [0.3, 0.4) is 0 Å². The Morgan fingerprint density at radius 3 is 1.92 bits per heavy atom. The second-order valence-electron chi connectivity index (χ2n) is 11.1. The fourth-order valence-electron chi connectivity index (χ4n) is 4.11. The van der Waals surface area contributed by atoms with E-state index in [4.69, 9.17) is 9.98 Å². The molecule has 0 fully saturated rings. The smallest absolute Gasteiger partial charge is 0.110 e. The second-order valence-corrected chi connectivity index (χ2v) is 11.1. The number of amidine groups is 1. The number of nitrogens with zero attached hydrogens (tertiary/aromatic N) is 2. The van der Waals surface area contributed by atoms with E-state index in [-0.39, 0.29) is 0 Å². The van der Waals surface area contributed by atoms with E-state index in [2.05, 4.69) is 126 Å². The molecule has 1 heterocycles. The topological polar surface area (TPSA) is 49.3 Å². The first-order valence-electron chi connectivity index (χ1n) is 14.5. The molecule has 4 heteroatoms. The van der Waals surface area contributed by atoms with Crippen LogP contribution in [0, 0.1) is 19.8 Å². The summed E-state index contributed by atoms with van der Waals surface area (Å²) < 4.78 is 0. The molecule has 1 aromatic heterocycles. The van der Waals surface area contributed by atoms with Gasteiger partial charge < -0.3 is 10.6 Å². The Hall–Kier alpha value is -3.40. The van der Waals surface area contributed by atoms with Crippen LogP contribution in [-0.4, -0.2) is 16.9 Å². The summed E-state index contributed by atoms with van der Waals surface area (Å²) in [7, 11) is 0. The normalized spacial score (nSPS) is 11.3. The lowest BCUT2D eigenvalue weighted by Crippen LogP contribution is -2.28. The van der Waals surface area contributed by atoms with E-state index in [1.54, 1.807) is 0 Å². The highest BCUT2D eigenvalue weighted by Crippen LogP contribution is 2.26. The largest absolute Gasteiger partial charge is 0.381 e. The molecule has 4 nitrogen and oxygen atoms in total. The average molecular weight is 527 g/mol. The minimum Gasteiger partial charge on any atom is -0.381 e. The summed E-state index contributed by atoms with van der Waals surface area (Å²) in [4.78, 5) is 9.80. The Labute approximate surface area is 238 Å². The van der Waals surface area contributed by atoms with Crippen LogP contribution in [0.15, 0.2) is 72.2 Å². The summed E-state index contributed by atoms with van der Waals surface area (Å²) in [6.07, 6.45) is 4.50. The van der Waals surface area contributed by atoms with Gasteiger partial charge in [-0.2, -0.15) is 0 Å². The van der Waals surface area contributed by atoms with Gasteiger partial charge in [0.2, 0.25) is 0 Å². The quantitative estimate of drug-likeness (QED) is 0.193. The molecule has 2 N–H and O–H groups in total. The Morgan fingerprint density at radius 2 is 1.38 bits per heavy atom. The van der Waals surface area contributed by atoms with Crippen LogP contribution in [0.5, 0.6) is 0 Å². The Kier molecular flexibility index (Phi) is 13.5. The minimum absolute atomic E-state index is 0.395. The predicted molar refractivity (Wildman–Crippen MR) is 172 cm³/mol. The molecule has 210 valence electrons. The van der Waals surface area contributed by atoms with Crippen molar-refractivity contribution in [2.24, 2.45) is 10.9 Å². The molecule has 0 aliphatic rings. The monoisotopic (exact) mass is 526 g/mol. The number of hydrogen-bond donors (Lipinski definition) is 2. The number of hydrogen-bond acceptors (Lipinski definition) is 3. The molecule has 3 aromatic rings. The van der Waals surface area contributed by atoms with Crippen molar-refractivity contribution in [1.29, 1.82) is 0 Å². The van der Waals surface area contributed by atoms with Gasteiger partial charge in [-0.1, -0.05) is 114 Å². The van der Waals surface area contributed by atoms with Crippen molar-refractivity contribution in [3.8, 4) is 11.3 Å². The van der Waals surface area contributed by atoms with Crippen LogP contribution in [0.1, 0.15) is 89.6 Å². The Balaban J connectivity index is 0.00000124. The summed E-state index contributed by atoms with van der Waals surface area (Å²) in [5.74, 6) is 1.68. The predicted octanol–water partition coefficient (Wildman–Crippen LogP) is 9.59. The third-order valence-corrected chi connectivity index (χ3v) is 6.12. The van der Waals surface area contributed by atoms with Crippen molar-refractivity contribution in [3.05, 3.63) is 89.6 Å². The summed E-state index contributed by atoms with van der Waals surface area (Å²) in [6.45, 7) is 22.2. The highest BCUT2D eigenvalue weighted by molar-refractivity contribution is 5.96. The molecular formula is C35H50N4. The van der Waals surface area contributed by atoms with Crippen LogP contribution in [-0.2, 0) is 6.54 Å². The average Bonchev–Trinajstić information content (AvgIpc) is 2.89. The van der Waals surface area contributed by atoms with Gasteiger partial charge in [0, 0.05) is 11.6 Å². The molecule has 0 unspecified atom stereocenters. The van der Waals surface area contributed by atoms with Gasteiger partial charge in [-0.15, -0.1) is 0 Å². The van der Waals surface area contributed by atoms with E-state index in [0.29, 0.717) is 12.6 Å². The number of aliphatic imine (C=N–C) groups is 1. The van der Waals surface area contributed by atoms with Gasteiger partial charge in [0.15, 0.2) is 0 Å². The van der Waals surface area contributed by atoms with Gasteiger partial charge in [-0.3, -0.25) is 4.99 Å². The highest BCUT2D eigenvalue weighted by atomic mass is 15.0. The molecule has 3 rings (SSSR count). The second kappa shape index (κ2) is 16.5. The van der Waals surface area contributed by atoms with Crippen molar-refractivity contribution in [2.45, 2.75) is 93.7 Å². The molecule has 0 bridgehead atoms. The Morgan fingerprint density at radius 1 is 0.846 bits per heavy atom. The fourth-order valence-corrected chi connectivity index (χ4v) is 4.11. The van der Waals surface area contributed by atoms with Crippen molar-refractivity contribution in [3.63, 3.8) is 0 Å². The van der Waals surface area contributed by atoms with Crippen molar-refractivity contribution < 1.29 is 0 Å². The van der Waals surface area contributed by atoms with E-state index < -0.39 is 0 Å². The number of pyridine rings is 1. The maximum Gasteiger partial charge on any atom is 0.110 e. The fraction of sp³-hybridized carbons (Fsp3) is 0.429. The van der Waals surface area contributed by atoms with Crippen LogP contribution >= 0.6 is 0 Å². The van der Waals surface area contributed by atoms with Crippen LogP contribution in [0.4, 0.5) is 5.69 Å². The molecule has 0 atom stereocenters. The van der Waals surface area contributed by atoms with Crippen molar-refractivity contribution in [2.75, 3.05) is 5.32 Å². The first kappa shape index (κ1) is 31.8. The summed E-state index contributed by atoms with van der Waals surface area (Å²) >= 11 is 0. The number of nitrogens with one attached hydrogen (secondary N) is 2. The van der Waals surface area contributed by atoms with E-state index in [0.717, 1.165) is 65.8 Å². The highest BCUT2D eigenvalue weighted by Gasteiger charge is 2.15. The Bertz CT molecular complexity index is 1170. The molecule has 39 heavy (non-hydrogen) atoms. The molecule has 0 amide bonds. The lowest BCUT2D eigenvalue weighted by molar-refractivity contribution is 0.502. The van der Waals surface area contributed by atoms with Crippen LogP contribution in [0.2, 0.25) is 0 Å². The zero-order valence-corrected chi connectivity index (χ0v) is 25.6. The van der Waals surface area contributed by atoms with E-state index >= 15 is 0 Å². The number of anilines is 1. The summed E-state index contributed by atoms with van der Waals surface area (Å²) in [5.41, 5.74) is 8.32. The molecular weight excluding hydrogens is 476 g/mol. The van der Waals surface area contributed by atoms with Crippen LogP contribution < -0.4 is 10.6 Å². The molecule has 0 aliphatic heterocycles. The van der Waals surface area contributed by atoms with E-state index in [9.17, 15) is 0 Å². The lowest BCUT2D eigenvalue weighted by Gasteiger charge is -2.22. The molecule has 0 saturated carbocycles. The van der Waals surface area contributed by atoms with Crippen molar-refractivity contribution in [1.82, 2.24) is 10.3 Å². The van der Waals surface area contributed by atoms with Crippen LogP contribution in [0.25, 0.3) is 17.0 Å². The zero-order chi connectivity index (χ0) is 28.8. The maximum atomic E-state index is 5.05. The third kappa shape index (κ3) is 11.5. The lowest BCUT2D eigenvalue weighted by atomic mass is 10.0. The van der Waals surface area contributed by atoms with Gasteiger partial charge in [-0.05, 0) is 57.2 Å². The number of aromatic nitrogens is 1. The molecule has 0 radical (unpaired) electrons. The molecule has 0 aliphatic carbocycles. The van der Waals surface area contributed by atoms with E-state index in [1.165, 1.54) is 16.7 Å². The van der Waals surface area contributed by atoms with Crippen molar-refractivity contribution >= 4 is 17.2 Å². The first-order valence-corrected chi connectivity index (χ1v) is 14.5. The van der Waals surface area contributed by atoms with Gasteiger partial charge in [0.05, 0.1) is 29.5 Å². The van der Waals surface area contributed by atoms with Gasteiger partial charge >= 0.3 is 0 Å². The minimum atomic E-state index is 0.395. The number of aryl methyl sites for hydroxylation is 2. The first-order chi connectivity index (χ1) is 18.6. The molecule has 2 aromatic carbocycles. The van der Waals surface area contributed by atoms with Gasteiger partial charge in [0.25, 0.3) is 0 Å². The zero-order valence-electron chi connectivity index (χ0n) is 25.6. The van der Waals surface area contributed by atoms with Gasteiger partial charge in [-0.25, -0.2) is 4.98 Å². The van der Waals surface area contributed by atoms with Gasteiger partial charge in [0.1, 0.15) is 5.69 Å². The number of rotatable bonds is 11. The summed E-state index contributed by atoms with van der Waals surface area (Å²) in [6, 6.07) is 21.5. The molecule has 0 spiro atoms. The maximum absolute atomic E-state index is 5.05. The van der Waals surface area contributed by atoms with E-state index in [1.807, 2.05) is 6.92 Å². The summed E-state index contributed by atoms with van der Waals surface area (Å²) in [5, 5.41) is 7.15. The number of benzene rings is 2. The molecule has 0 saturated heterocycles. The SMILES string of the molecule is C=C(NC(CCC)CCC)c1nc(-c2ccc(C)cc2)ccc1NC(C)=NCc1ccc(C)cc1.CC(C)C.